The van der Waals surface area contributed by atoms with E-state index >= 15 is 0 Å². The van der Waals surface area contributed by atoms with Gasteiger partial charge in [0.1, 0.15) is 5.54 Å². The summed E-state index contributed by atoms with van der Waals surface area (Å²) >= 11 is 0. The fraction of sp³-hybridized carbons (Fsp3) is 0.933. The molecule has 1 fully saturated rings. The summed E-state index contributed by atoms with van der Waals surface area (Å²) in [6.07, 6.45) is 5.94. The van der Waals surface area contributed by atoms with Gasteiger partial charge in [-0.25, -0.2) is 0 Å². The van der Waals surface area contributed by atoms with Crippen LogP contribution in [-0.2, 0) is 14.3 Å². The van der Waals surface area contributed by atoms with Crippen molar-refractivity contribution in [3.63, 3.8) is 0 Å². The van der Waals surface area contributed by atoms with Crippen LogP contribution in [0, 0.1) is 5.92 Å². The lowest BCUT2D eigenvalue weighted by Crippen LogP contribution is -2.52. The third-order valence-electron chi connectivity index (χ3n) is 4.05. The van der Waals surface area contributed by atoms with E-state index in [1.54, 1.807) is 0 Å². The molecule has 0 aromatic carbocycles. The standard InChI is InChI=1S/C15H29NO3/c1-5-16-15(3,14(17)18-4)11-12(2)19-10-9-13-7-6-8-13/h12-13,16H,5-11H2,1-4H3. The average Bonchev–Trinajstić information content (AvgIpc) is 2.31. The number of likely N-dealkylation sites (N-methyl/N-ethyl adjacent to an activating group) is 1. The Morgan fingerprint density at radius 3 is 2.63 bits per heavy atom. The number of hydrogen-bond donors (Lipinski definition) is 1. The SMILES string of the molecule is CCNC(C)(CC(C)OCCC1CCC1)C(=O)OC. The Hall–Kier alpha value is -0.610. The molecule has 0 bridgehead atoms. The van der Waals surface area contributed by atoms with Crippen LogP contribution in [0.3, 0.4) is 0 Å². The smallest absolute Gasteiger partial charge is 0.325 e. The molecule has 19 heavy (non-hydrogen) atoms. The van der Waals surface area contributed by atoms with Gasteiger partial charge in [-0.3, -0.25) is 4.79 Å². The van der Waals surface area contributed by atoms with Crippen molar-refractivity contribution in [1.82, 2.24) is 5.32 Å². The van der Waals surface area contributed by atoms with Crippen molar-refractivity contribution in [2.75, 3.05) is 20.3 Å². The van der Waals surface area contributed by atoms with E-state index in [2.05, 4.69) is 5.32 Å². The number of carbonyl (C=O) groups is 1. The minimum atomic E-state index is -0.653. The quantitative estimate of drug-likeness (QED) is 0.655. The van der Waals surface area contributed by atoms with E-state index in [0.717, 1.165) is 25.5 Å². The molecule has 1 aliphatic rings. The molecule has 0 amide bonds. The topological polar surface area (TPSA) is 47.6 Å². The maximum atomic E-state index is 11.9. The zero-order valence-corrected chi connectivity index (χ0v) is 12.8. The first-order chi connectivity index (χ1) is 9.01. The number of hydrogen-bond acceptors (Lipinski definition) is 4. The van der Waals surface area contributed by atoms with Crippen molar-refractivity contribution in [1.29, 1.82) is 0 Å². The number of ether oxygens (including phenoxy) is 2. The summed E-state index contributed by atoms with van der Waals surface area (Å²) in [7, 11) is 1.43. The highest BCUT2D eigenvalue weighted by Crippen LogP contribution is 2.29. The predicted molar refractivity (Wildman–Crippen MR) is 76.1 cm³/mol. The van der Waals surface area contributed by atoms with E-state index in [-0.39, 0.29) is 12.1 Å². The van der Waals surface area contributed by atoms with Crippen LogP contribution >= 0.6 is 0 Å². The van der Waals surface area contributed by atoms with Crippen LogP contribution in [0.1, 0.15) is 52.9 Å². The number of nitrogens with one attached hydrogen (secondary N) is 1. The van der Waals surface area contributed by atoms with Crippen molar-refractivity contribution in [2.45, 2.75) is 64.5 Å². The fourth-order valence-corrected chi connectivity index (χ4v) is 2.69. The van der Waals surface area contributed by atoms with Crippen LogP contribution in [0.5, 0.6) is 0 Å². The van der Waals surface area contributed by atoms with Gasteiger partial charge in [-0.15, -0.1) is 0 Å². The Morgan fingerprint density at radius 2 is 2.16 bits per heavy atom. The second-order valence-electron chi connectivity index (χ2n) is 5.83. The average molecular weight is 271 g/mol. The first-order valence-electron chi connectivity index (χ1n) is 7.47. The third-order valence-corrected chi connectivity index (χ3v) is 4.05. The lowest BCUT2D eigenvalue weighted by Gasteiger charge is -2.31. The van der Waals surface area contributed by atoms with Gasteiger partial charge in [0.15, 0.2) is 0 Å². The van der Waals surface area contributed by atoms with Gasteiger partial charge in [-0.2, -0.15) is 0 Å². The van der Waals surface area contributed by atoms with Crippen molar-refractivity contribution in [2.24, 2.45) is 5.92 Å². The summed E-state index contributed by atoms with van der Waals surface area (Å²) in [4.78, 5) is 11.9. The molecule has 112 valence electrons. The molecule has 0 spiro atoms. The molecule has 4 nitrogen and oxygen atoms in total. The fourth-order valence-electron chi connectivity index (χ4n) is 2.69. The van der Waals surface area contributed by atoms with E-state index in [9.17, 15) is 4.79 Å². The zero-order chi connectivity index (χ0) is 14.3. The first-order valence-corrected chi connectivity index (χ1v) is 7.47. The Balaban J connectivity index is 2.32. The Labute approximate surface area is 117 Å². The van der Waals surface area contributed by atoms with Crippen LogP contribution in [0.15, 0.2) is 0 Å². The molecule has 1 saturated carbocycles. The van der Waals surface area contributed by atoms with Gasteiger partial charge in [0.25, 0.3) is 0 Å². The molecule has 4 heteroatoms. The summed E-state index contributed by atoms with van der Waals surface area (Å²) in [5.41, 5.74) is -0.653. The molecule has 1 aliphatic carbocycles. The summed E-state index contributed by atoms with van der Waals surface area (Å²) in [6, 6.07) is 0. The van der Waals surface area contributed by atoms with Crippen molar-refractivity contribution in [3.8, 4) is 0 Å². The molecule has 0 radical (unpaired) electrons. The molecular formula is C15H29NO3. The number of rotatable bonds is 9. The maximum absolute atomic E-state index is 11.9. The third kappa shape index (κ3) is 5.11. The van der Waals surface area contributed by atoms with Gasteiger partial charge < -0.3 is 14.8 Å². The summed E-state index contributed by atoms with van der Waals surface area (Å²) < 4.78 is 10.7. The predicted octanol–water partition coefficient (Wildman–Crippen LogP) is 2.51. The van der Waals surface area contributed by atoms with E-state index in [4.69, 9.17) is 9.47 Å². The van der Waals surface area contributed by atoms with Gasteiger partial charge in [0.05, 0.1) is 13.2 Å². The molecule has 1 rings (SSSR count). The van der Waals surface area contributed by atoms with Crippen LogP contribution in [-0.4, -0.2) is 37.9 Å². The maximum Gasteiger partial charge on any atom is 0.325 e. The van der Waals surface area contributed by atoms with E-state index in [1.165, 1.54) is 26.4 Å². The molecule has 0 saturated heterocycles. The van der Waals surface area contributed by atoms with E-state index < -0.39 is 5.54 Å². The van der Waals surface area contributed by atoms with Crippen molar-refractivity contribution >= 4 is 5.97 Å². The molecule has 0 aromatic rings. The Kier molecular flexibility index (Phi) is 6.80. The molecular weight excluding hydrogens is 242 g/mol. The molecule has 2 atom stereocenters. The minimum absolute atomic E-state index is 0.0585. The zero-order valence-electron chi connectivity index (χ0n) is 12.8. The normalized spacial score (nSPS) is 20.4. The Morgan fingerprint density at radius 1 is 1.47 bits per heavy atom. The van der Waals surface area contributed by atoms with Crippen LogP contribution < -0.4 is 5.32 Å². The molecule has 2 unspecified atom stereocenters. The van der Waals surface area contributed by atoms with Crippen molar-refractivity contribution in [3.05, 3.63) is 0 Å². The Bertz CT molecular complexity index is 279. The van der Waals surface area contributed by atoms with Crippen LogP contribution in [0.25, 0.3) is 0 Å². The number of methoxy groups -OCH3 is 1. The first kappa shape index (κ1) is 16.4. The van der Waals surface area contributed by atoms with Crippen LogP contribution in [0.2, 0.25) is 0 Å². The lowest BCUT2D eigenvalue weighted by atomic mass is 9.83. The lowest BCUT2D eigenvalue weighted by molar-refractivity contribution is -0.149. The second-order valence-corrected chi connectivity index (χ2v) is 5.83. The second kappa shape index (κ2) is 7.85. The monoisotopic (exact) mass is 271 g/mol. The van der Waals surface area contributed by atoms with Gasteiger partial charge in [-0.1, -0.05) is 26.2 Å². The minimum Gasteiger partial charge on any atom is -0.468 e. The highest BCUT2D eigenvalue weighted by atomic mass is 16.5. The summed E-state index contributed by atoms with van der Waals surface area (Å²) in [6.45, 7) is 7.44. The van der Waals surface area contributed by atoms with Gasteiger partial charge in [-0.05, 0) is 32.7 Å². The molecule has 0 aliphatic heterocycles. The largest absolute Gasteiger partial charge is 0.468 e. The van der Waals surface area contributed by atoms with Gasteiger partial charge in [0.2, 0.25) is 0 Å². The molecule has 0 heterocycles. The highest BCUT2D eigenvalue weighted by molar-refractivity contribution is 5.80. The number of esters is 1. The van der Waals surface area contributed by atoms with Crippen LogP contribution in [0.4, 0.5) is 0 Å². The molecule has 0 aromatic heterocycles. The highest BCUT2D eigenvalue weighted by Gasteiger charge is 2.35. The van der Waals surface area contributed by atoms with E-state index in [0.29, 0.717) is 6.42 Å². The van der Waals surface area contributed by atoms with E-state index in [1.807, 2.05) is 20.8 Å². The van der Waals surface area contributed by atoms with Gasteiger partial charge >= 0.3 is 5.97 Å². The summed E-state index contributed by atoms with van der Waals surface area (Å²) in [5.74, 6) is 0.650. The van der Waals surface area contributed by atoms with Crippen molar-refractivity contribution < 1.29 is 14.3 Å². The number of carbonyl (C=O) groups excluding carboxylic acids is 1. The summed E-state index contributed by atoms with van der Waals surface area (Å²) in [5, 5.41) is 3.21. The van der Waals surface area contributed by atoms with Gasteiger partial charge in [0, 0.05) is 13.0 Å². The molecule has 1 N–H and O–H groups in total.